The molecule has 0 saturated heterocycles. The van der Waals surface area contributed by atoms with E-state index in [9.17, 15) is 0 Å². The average molecular weight is 289 g/mol. The maximum absolute atomic E-state index is 6.69. The summed E-state index contributed by atoms with van der Waals surface area (Å²) in [7, 11) is 0. The molecular formula is C19H31NO. The number of hydrogen-bond donors (Lipinski definition) is 1. The van der Waals surface area contributed by atoms with Crippen LogP contribution in [-0.4, -0.2) is 12.2 Å². The molecule has 118 valence electrons. The molecule has 0 heterocycles. The van der Waals surface area contributed by atoms with Crippen molar-refractivity contribution in [2.75, 3.05) is 6.61 Å². The van der Waals surface area contributed by atoms with Crippen LogP contribution in [0.3, 0.4) is 0 Å². The van der Waals surface area contributed by atoms with Gasteiger partial charge in [-0.25, -0.2) is 0 Å². The van der Waals surface area contributed by atoms with E-state index in [1.165, 1.54) is 30.4 Å². The van der Waals surface area contributed by atoms with Crippen LogP contribution in [0.15, 0.2) is 24.3 Å². The molecule has 1 fully saturated rings. The minimum atomic E-state index is -0.169. The zero-order valence-corrected chi connectivity index (χ0v) is 13.9. The highest BCUT2D eigenvalue weighted by Crippen LogP contribution is 2.42. The molecule has 2 heteroatoms. The van der Waals surface area contributed by atoms with E-state index < -0.39 is 0 Å². The van der Waals surface area contributed by atoms with Crippen LogP contribution in [0.2, 0.25) is 0 Å². The van der Waals surface area contributed by atoms with Crippen molar-refractivity contribution in [1.29, 1.82) is 0 Å². The molecule has 1 aromatic rings. The number of hydrogen-bond acceptors (Lipinski definition) is 2. The quantitative estimate of drug-likeness (QED) is 0.829. The van der Waals surface area contributed by atoms with Gasteiger partial charge in [-0.1, -0.05) is 57.4 Å². The first-order chi connectivity index (χ1) is 10.1. The Hall–Kier alpha value is -0.860. The van der Waals surface area contributed by atoms with Crippen LogP contribution in [0.4, 0.5) is 0 Å². The Bertz CT molecular complexity index is 441. The van der Waals surface area contributed by atoms with Gasteiger partial charge in [0, 0.05) is 6.61 Å². The van der Waals surface area contributed by atoms with E-state index in [4.69, 9.17) is 10.5 Å². The van der Waals surface area contributed by atoms with Crippen molar-refractivity contribution in [3.63, 3.8) is 0 Å². The predicted molar refractivity (Wildman–Crippen MR) is 89.4 cm³/mol. The summed E-state index contributed by atoms with van der Waals surface area (Å²) in [6.45, 7) is 7.38. The zero-order valence-electron chi connectivity index (χ0n) is 13.9. The standard InChI is InChI=1S/C19H31NO/c1-4-8-16-10-6-11-17(13-16)18(20)19(21-5-2)12-7-9-15(3)14-19/h6,10-11,13,15,18H,4-5,7-9,12,14,20H2,1-3H3. The highest BCUT2D eigenvalue weighted by atomic mass is 16.5. The SMILES string of the molecule is CCCc1cccc(C(N)C2(OCC)CCCC(C)C2)c1. The van der Waals surface area contributed by atoms with Gasteiger partial charge >= 0.3 is 0 Å². The Morgan fingerprint density at radius 3 is 2.86 bits per heavy atom. The number of benzene rings is 1. The summed E-state index contributed by atoms with van der Waals surface area (Å²) < 4.78 is 6.23. The Kier molecular flexibility index (Phi) is 5.83. The van der Waals surface area contributed by atoms with E-state index in [2.05, 4.69) is 45.0 Å². The minimum absolute atomic E-state index is 0.0167. The molecule has 1 saturated carbocycles. The topological polar surface area (TPSA) is 35.2 Å². The molecule has 0 amide bonds. The first-order valence-electron chi connectivity index (χ1n) is 8.59. The molecule has 3 atom stereocenters. The molecule has 3 unspecified atom stereocenters. The van der Waals surface area contributed by atoms with Crippen molar-refractivity contribution >= 4 is 0 Å². The van der Waals surface area contributed by atoms with Gasteiger partial charge in [0.15, 0.2) is 0 Å². The molecule has 0 radical (unpaired) electrons. The fourth-order valence-corrected chi connectivity index (χ4v) is 3.87. The maximum atomic E-state index is 6.69. The zero-order chi connectivity index (χ0) is 15.3. The maximum Gasteiger partial charge on any atom is 0.0876 e. The average Bonchev–Trinajstić information content (AvgIpc) is 2.47. The van der Waals surface area contributed by atoms with Crippen molar-refractivity contribution in [3.05, 3.63) is 35.4 Å². The fraction of sp³-hybridized carbons (Fsp3) is 0.684. The molecule has 0 aromatic heterocycles. The molecule has 0 spiro atoms. The van der Waals surface area contributed by atoms with Crippen molar-refractivity contribution in [3.8, 4) is 0 Å². The van der Waals surface area contributed by atoms with Gasteiger partial charge in [0.25, 0.3) is 0 Å². The third kappa shape index (κ3) is 3.87. The van der Waals surface area contributed by atoms with Gasteiger partial charge in [-0.2, -0.15) is 0 Å². The lowest BCUT2D eigenvalue weighted by Crippen LogP contribution is -2.47. The van der Waals surface area contributed by atoms with E-state index in [0.29, 0.717) is 5.92 Å². The Morgan fingerprint density at radius 2 is 2.19 bits per heavy atom. The summed E-state index contributed by atoms with van der Waals surface area (Å²) in [5, 5.41) is 0. The smallest absolute Gasteiger partial charge is 0.0876 e. The summed E-state index contributed by atoms with van der Waals surface area (Å²) in [5.74, 6) is 0.704. The number of aryl methyl sites for hydroxylation is 1. The van der Waals surface area contributed by atoms with Gasteiger partial charge in [0.1, 0.15) is 0 Å². The summed E-state index contributed by atoms with van der Waals surface area (Å²) in [5.41, 5.74) is 9.15. The van der Waals surface area contributed by atoms with E-state index in [1.54, 1.807) is 0 Å². The van der Waals surface area contributed by atoms with Gasteiger partial charge in [-0.15, -0.1) is 0 Å². The van der Waals surface area contributed by atoms with Gasteiger partial charge in [-0.05, 0) is 43.2 Å². The molecule has 0 bridgehead atoms. The molecule has 2 N–H and O–H groups in total. The van der Waals surface area contributed by atoms with Crippen molar-refractivity contribution in [2.45, 2.75) is 70.9 Å². The van der Waals surface area contributed by atoms with Crippen LogP contribution >= 0.6 is 0 Å². The second kappa shape index (κ2) is 7.42. The van der Waals surface area contributed by atoms with Crippen LogP contribution < -0.4 is 5.73 Å². The second-order valence-electron chi connectivity index (χ2n) is 6.67. The monoisotopic (exact) mass is 289 g/mol. The Morgan fingerprint density at radius 1 is 1.38 bits per heavy atom. The number of nitrogens with two attached hydrogens (primary N) is 1. The number of rotatable bonds is 6. The molecule has 1 aliphatic carbocycles. The van der Waals surface area contributed by atoms with Crippen molar-refractivity contribution < 1.29 is 4.74 Å². The molecule has 0 aliphatic heterocycles. The Balaban J connectivity index is 2.25. The van der Waals surface area contributed by atoms with Gasteiger partial charge in [0.05, 0.1) is 11.6 Å². The van der Waals surface area contributed by atoms with Gasteiger partial charge < -0.3 is 10.5 Å². The third-order valence-electron chi connectivity index (χ3n) is 4.84. The normalized spacial score (nSPS) is 27.5. The molecule has 2 rings (SSSR count). The molecule has 1 aromatic carbocycles. The Labute approximate surface area is 130 Å². The second-order valence-corrected chi connectivity index (χ2v) is 6.67. The summed E-state index contributed by atoms with van der Waals surface area (Å²) in [6, 6.07) is 8.79. The van der Waals surface area contributed by atoms with E-state index >= 15 is 0 Å². The third-order valence-corrected chi connectivity index (χ3v) is 4.84. The van der Waals surface area contributed by atoms with Crippen LogP contribution in [0.5, 0.6) is 0 Å². The van der Waals surface area contributed by atoms with E-state index in [1.807, 2.05) is 0 Å². The summed E-state index contributed by atoms with van der Waals surface area (Å²) >= 11 is 0. The van der Waals surface area contributed by atoms with E-state index in [0.717, 1.165) is 25.9 Å². The van der Waals surface area contributed by atoms with Gasteiger partial charge in [0.2, 0.25) is 0 Å². The van der Waals surface area contributed by atoms with Crippen LogP contribution in [-0.2, 0) is 11.2 Å². The van der Waals surface area contributed by atoms with Crippen molar-refractivity contribution in [1.82, 2.24) is 0 Å². The number of ether oxygens (including phenoxy) is 1. The summed E-state index contributed by atoms with van der Waals surface area (Å²) in [4.78, 5) is 0. The largest absolute Gasteiger partial charge is 0.373 e. The van der Waals surface area contributed by atoms with Gasteiger partial charge in [-0.3, -0.25) is 0 Å². The lowest BCUT2D eigenvalue weighted by molar-refractivity contribution is -0.0938. The molecular weight excluding hydrogens is 258 g/mol. The first kappa shape index (κ1) is 16.5. The molecule has 2 nitrogen and oxygen atoms in total. The van der Waals surface area contributed by atoms with Crippen LogP contribution in [0.1, 0.15) is 70.0 Å². The summed E-state index contributed by atoms with van der Waals surface area (Å²) in [6.07, 6.45) is 7.00. The lowest BCUT2D eigenvalue weighted by Gasteiger charge is -2.44. The van der Waals surface area contributed by atoms with Crippen molar-refractivity contribution in [2.24, 2.45) is 11.7 Å². The highest BCUT2D eigenvalue weighted by Gasteiger charge is 2.41. The molecule has 1 aliphatic rings. The lowest BCUT2D eigenvalue weighted by atomic mass is 9.73. The first-order valence-corrected chi connectivity index (χ1v) is 8.59. The fourth-order valence-electron chi connectivity index (χ4n) is 3.87. The van der Waals surface area contributed by atoms with Crippen LogP contribution in [0, 0.1) is 5.92 Å². The predicted octanol–water partition coefficient (Wildman–Crippen LogP) is 4.62. The highest BCUT2D eigenvalue weighted by molar-refractivity contribution is 5.28. The van der Waals surface area contributed by atoms with Crippen LogP contribution in [0.25, 0.3) is 0 Å². The molecule has 21 heavy (non-hydrogen) atoms. The van der Waals surface area contributed by atoms with E-state index in [-0.39, 0.29) is 11.6 Å². The minimum Gasteiger partial charge on any atom is -0.373 e.